The fraction of sp³-hybridized carbons (Fsp3) is 0.636. The second-order valence-corrected chi connectivity index (χ2v) is 4.10. The van der Waals surface area contributed by atoms with Crippen molar-refractivity contribution >= 4 is 0 Å². The zero-order valence-electron chi connectivity index (χ0n) is 9.05. The Kier molecular flexibility index (Phi) is 3.16. The molecule has 1 aliphatic carbocycles. The van der Waals surface area contributed by atoms with E-state index in [-0.39, 0.29) is 5.56 Å². The normalized spacial score (nSPS) is 16.3. The van der Waals surface area contributed by atoms with Gasteiger partial charge in [-0.3, -0.25) is 4.79 Å². The first-order valence-electron chi connectivity index (χ1n) is 5.54. The van der Waals surface area contributed by atoms with Gasteiger partial charge >= 0.3 is 0 Å². The fourth-order valence-electron chi connectivity index (χ4n) is 1.76. The van der Waals surface area contributed by atoms with Crippen LogP contribution in [0.4, 0.5) is 0 Å². The minimum Gasteiger partial charge on any atom is -0.319 e. The van der Waals surface area contributed by atoms with E-state index in [9.17, 15) is 4.79 Å². The van der Waals surface area contributed by atoms with Crippen LogP contribution in [0.15, 0.2) is 11.0 Å². The molecule has 1 aliphatic rings. The number of nitrogens with zero attached hydrogens (tertiary/aromatic N) is 1. The summed E-state index contributed by atoms with van der Waals surface area (Å²) >= 11 is 0. The summed E-state index contributed by atoms with van der Waals surface area (Å²) in [6.45, 7) is 0.813. The molecule has 1 fully saturated rings. The van der Waals surface area contributed by atoms with Crippen molar-refractivity contribution in [3.05, 3.63) is 27.9 Å². The van der Waals surface area contributed by atoms with E-state index in [1.807, 2.05) is 7.05 Å². The van der Waals surface area contributed by atoms with Gasteiger partial charge in [0.15, 0.2) is 0 Å². The number of likely N-dealkylation sites (N-methyl/N-ethyl adjacent to an activating group) is 1. The molecule has 0 unspecified atom stereocenters. The van der Waals surface area contributed by atoms with E-state index >= 15 is 0 Å². The van der Waals surface area contributed by atoms with Crippen LogP contribution in [0.3, 0.4) is 0 Å². The maximum absolute atomic E-state index is 11.7. The third-order valence-corrected chi connectivity index (χ3v) is 3.03. The molecule has 1 aromatic heterocycles. The van der Waals surface area contributed by atoms with Crippen molar-refractivity contribution in [2.75, 3.05) is 13.6 Å². The quantitative estimate of drug-likeness (QED) is 0.767. The highest BCUT2D eigenvalue weighted by atomic mass is 16.1. The Hall–Kier alpha value is -1.16. The van der Waals surface area contributed by atoms with Crippen LogP contribution in [0.2, 0.25) is 0 Å². The molecule has 0 atom stereocenters. The maximum Gasteiger partial charge on any atom is 0.254 e. The zero-order valence-corrected chi connectivity index (χ0v) is 9.05. The lowest BCUT2D eigenvalue weighted by Crippen LogP contribution is -2.23. The minimum absolute atomic E-state index is 0.0298. The summed E-state index contributed by atoms with van der Waals surface area (Å²) in [7, 11) is 1.88. The predicted molar refractivity (Wildman–Crippen MR) is 59.1 cm³/mol. The molecular formula is C11H17N3O. The predicted octanol–water partition coefficient (Wildman–Crippen LogP) is 0.799. The molecule has 1 aromatic rings. The lowest BCUT2D eigenvalue weighted by Gasteiger charge is -2.23. The Labute approximate surface area is 89.1 Å². The van der Waals surface area contributed by atoms with Crippen molar-refractivity contribution in [3.8, 4) is 0 Å². The smallest absolute Gasteiger partial charge is 0.254 e. The minimum atomic E-state index is 0.0298. The number of H-pyrrole nitrogens is 1. The average Bonchev–Trinajstić information content (AvgIpc) is 2.14. The van der Waals surface area contributed by atoms with Gasteiger partial charge in [0.2, 0.25) is 0 Å². The van der Waals surface area contributed by atoms with Crippen molar-refractivity contribution in [3.63, 3.8) is 0 Å². The van der Waals surface area contributed by atoms with Crippen LogP contribution in [0.1, 0.15) is 36.6 Å². The van der Waals surface area contributed by atoms with Crippen molar-refractivity contribution in [2.24, 2.45) is 0 Å². The van der Waals surface area contributed by atoms with E-state index < -0.39 is 0 Å². The molecule has 0 bridgehead atoms. The zero-order chi connectivity index (χ0) is 10.7. The SMILES string of the molecule is CNCCc1cnc(C2CCC2)[nH]c1=O. The first-order chi connectivity index (χ1) is 7.31. The van der Waals surface area contributed by atoms with Gasteiger partial charge in [-0.2, -0.15) is 0 Å². The van der Waals surface area contributed by atoms with Crippen molar-refractivity contribution in [1.82, 2.24) is 15.3 Å². The molecule has 0 radical (unpaired) electrons. The van der Waals surface area contributed by atoms with E-state index in [0.717, 1.165) is 24.4 Å². The molecule has 1 heterocycles. The van der Waals surface area contributed by atoms with Gasteiger partial charge in [-0.05, 0) is 32.9 Å². The maximum atomic E-state index is 11.7. The highest BCUT2D eigenvalue weighted by molar-refractivity contribution is 5.09. The number of rotatable bonds is 4. The monoisotopic (exact) mass is 207 g/mol. The molecular weight excluding hydrogens is 190 g/mol. The molecule has 0 aliphatic heterocycles. The summed E-state index contributed by atoms with van der Waals surface area (Å²) in [4.78, 5) is 18.9. The topological polar surface area (TPSA) is 57.8 Å². The Bertz CT molecular complexity index is 382. The van der Waals surface area contributed by atoms with Gasteiger partial charge in [0, 0.05) is 17.7 Å². The Balaban J connectivity index is 2.11. The second kappa shape index (κ2) is 4.57. The van der Waals surface area contributed by atoms with Gasteiger partial charge in [0.1, 0.15) is 5.82 Å². The van der Waals surface area contributed by atoms with E-state index in [0.29, 0.717) is 5.92 Å². The highest BCUT2D eigenvalue weighted by Crippen LogP contribution is 2.33. The summed E-state index contributed by atoms with van der Waals surface area (Å²) in [6.07, 6.45) is 6.06. The van der Waals surface area contributed by atoms with Gasteiger partial charge in [-0.1, -0.05) is 6.42 Å². The molecule has 2 rings (SSSR count). The van der Waals surface area contributed by atoms with Crippen LogP contribution < -0.4 is 10.9 Å². The van der Waals surface area contributed by atoms with Crippen LogP contribution in [-0.4, -0.2) is 23.6 Å². The Morgan fingerprint density at radius 3 is 2.93 bits per heavy atom. The van der Waals surface area contributed by atoms with Crippen molar-refractivity contribution in [1.29, 1.82) is 0 Å². The summed E-state index contributed by atoms with van der Waals surface area (Å²) in [5, 5.41) is 3.02. The molecule has 0 saturated heterocycles. The van der Waals surface area contributed by atoms with Crippen LogP contribution in [-0.2, 0) is 6.42 Å². The molecule has 15 heavy (non-hydrogen) atoms. The molecule has 82 valence electrons. The number of hydrogen-bond acceptors (Lipinski definition) is 3. The van der Waals surface area contributed by atoms with E-state index in [1.54, 1.807) is 6.20 Å². The first-order valence-corrected chi connectivity index (χ1v) is 5.54. The average molecular weight is 207 g/mol. The third-order valence-electron chi connectivity index (χ3n) is 3.03. The molecule has 2 N–H and O–H groups in total. The summed E-state index contributed by atoms with van der Waals surface area (Å²) < 4.78 is 0. The number of aromatic amines is 1. The molecule has 0 spiro atoms. The second-order valence-electron chi connectivity index (χ2n) is 4.10. The first kappa shape index (κ1) is 10.4. The van der Waals surface area contributed by atoms with Crippen molar-refractivity contribution in [2.45, 2.75) is 31.6 Å². The van der Waals surface area contributed by atoms with Gasteiger partial charge in [0.05, 0.1) is 0 Å². The van der Waals surface area contributed by atoms with E-state index in [4.69, 9.17) is 0 Å². The summed E-state index contributed by atoms with van der Waals surface area (Å²) in [6, 6.07) is 0. The number of aromatic nitrogens is 2. The Morgan fingerprint density at radius 2 is 2.40 bits per heavy atom. The lowest BCUT2D eigenvalue weighted by molar-refractivity contribution is 0.400. The highest BCUT2D eigenvalue weighted by Gasteiger charge is 2.21. The summed E-state index contributed by atoms with van der Waals surface area (Å²) in [5.74, 6) is 1.37. The molecule has 0 amide bonds. The van der Waals surface area contributed by atoms with Gasteiger partial charge < -0.3 is 10.3 Å². The number of nitrogens with one attached hydrogen (secondary N) is 2. The van der Waals surface area contributed by atoms with Crippen LogP contribution in [0.25, 0.3) is 0 Å². The van der Waals surface area contributed by atoms with Gasteiger partial charge in [-0.25, -0.2) is 4.98 Å². The number of hydrogen-bond donors (Lipinski definition) is 2. The molecule has 4 heteroatoms. The van der Waals surface area contributed by atoms with Crippen LogP contribution in [0, 0.1) is 0 Å². The van der Waals surface area contributed by atoms with Crippen molar-refractivity contribution < 1.29 is 0 Å². The standard InChI is InChI=1S/C11H17N3O/c1-12-6-5-9-7-13-10(14-11(9)15)8-3-2-4-8/h7-8,12H,2-6H2,1H3,(H,13,14,15). The Morgan fingerprint density at radius 1 is 1.60 bits per heavy atom. The third kappa shape index (κ3) is 2.26. The van der Waals surface area contributed by atoms with Crippen LogP contribution in [0.5, 0.6) is 0 Å². The van der Waals surface area contributed by atoms with E-state index in [2.05, 4.69) is 15.3 Å². The lowest BCUT2D eigenvalue weighted by atomic mass is 9.85. The van der Waals surface area contributed by atoms with Crippen LogP contribution >= 0.6 is 0 Å². The van der Waals surface area contributed by atoms with E-state index in [1.165, 1.54) is 19.3 Å². The fourth-order valence-corrected chi connectivity index (χ4v) is 1.76. The van der Waals surface area contributed by atoms with Gasteiger partial charge in [0.25, 0.3) is 5.56 Å². The molecule has 4 nitrogen and oxygen atoms in total. The van der Waals surface area contributed by atoms with Gasteiger partial charge in [-0.15, -0.1) is 0 Å². The largest absolute Gasteiger partial charge is 0.319 e. The summed E-state index contributed by atoms with van der Waals surface area (Å²) in [5.41, 5.74) is 0.801. The molecule has 0 aromatic carbocycles. The molecule has 1 saturated carbocycles.